The van der Waals surface area contributed by atoms with E-state index in [2.05, 4.69) is 5.32 Å². The molecule has 0 saturated carbocycles. The van der Waals surface area contributed by atoms with Gasteiger partial charge in [0.15, 0.2) is 18.1 Å². The zero-order valence-electron chi connectivity index (χ0n) is 14.5. The molecule has 2 aromatic rings. The average Bonchev–Trinajstić information content (AvgIpc) is 3.11. The van der Waals surface area contributed by atoms with Gasteiger partial charge in [-0.05, 0) is 35.9 Å². The van der Waals surface area contributed by atoms with Crippen LogP contribution in [0, 0.1) is 0 Å². The summed E-state index contributed by atoms with van der Waals surface area (Å²) in [4.78, 5) is 11.9. The normalized spacial score (nSPS) is 13.3. The molecule has 0 atom stereocenters. The molecule has 3 rings (SSSR count). The number of rotatable bonds is 5. The lowest BCUT2D eigenvalue weighted by molar-refractivity contribution is -0.143. The molecule has 1 heterocycles. The van der Waals surface area contributed by atoms with Gasteiger partial charge in [-0.2, -0.15) is 26.3 Å². The molecule has 0 unspecified atom stereocenters. The van der Waals surface area contributed by atoms with Crippen molar-refractivity contribution in [2.45, 2.75) is 18.9 Å². The first-order chi connectivity index (χ1) is 13.5. The molecule has 1 N–H and O–H groups in total. The standard InChI is InChI=1S/C18H13F6NO4/c19-17(20,21)11-4-12(18(22,23)24)6-13(5-11)27-8-16(26)25-7-10-1-2-14-15(3-10)29-9-28-14/h1-6H,7-9H2,(H,25,26). The first kappa shape index (κ1) is 20.6. The SMILES string of the molecule is O=C(COc1cc(C(F)(F)F)cc(C(F)(F)F)c1)NCc1ccc2c(c1)OCO2. The second-order valence-electron chi connectivity index (χ2n) is 5.99. The molecule has 0 spiro atoms. The van der Waals surface area contributed by atoms with Crippen LogP contribution in [-0.2, 0) is 23.7 Å². The number of hydrogen-bond donors (Lipinski definition) is 1. The van der Waals surface area contributed by atoms with E-state index in [0.717, 1.165) is 0 Å². The summed E-state index contributed by atoms with van der Waals surface area (Å²) in [7, 11) is 0. The fourth-order valence-corrected chi connectivity index (χ4v) is 2.46. The first-order valence-electron chi connectivity index (χ1n) is 8.10. The summed E-state index contributed by atoms with van der Waals surface area (Å²) < 4.78 is 92.1. The van der Waals surface area contributed by atoms with Crippen LogP contribution in [0.15, 0.2) is 36.4 Å². The third-order valence-electron chi connectivity index (χ3n) is 3.86. The molecule has 2 aromatic carbocycles. The Morgan fingerprint density at radius 1 is 0.931 bits per heavy atom. The Bertz CT molecular complexity index is 878. The second kappa shape index (κ2) is 7.72. The molecule has 156 valence electrons. The minimum absolute atomic E-state index is 0.0213. The van der Waals surface area contributed by atoms with Gasteiger partial charge in [-0.1, -0.05) is 6.07 Å². The van der Waals surface area contributed by atoms with Crippen LogP contribution in [0.25, 0.3) is 0 Å². The number of alkyl halides is 6. The highest BCUT2D eigenvalue weighted by Gasteiger charge is 2.37. The number of hydrogen-bond acceptors (Lipinski definition) is 4. The van der Waals surface area contributed by atoms with Crippen molar-refractivity contribution >= 4 is 5.91 Å². The molecule has 29 heavy (non-hydrogen) atoms. The highest BCUT2D eigenvalue weighted by atomic mass is 19.4. The summed E-state index contributed by atoms with van der Waals surface area (Å²) in [6.07, 6.45) is -10.00. The third-order valence-corrected chi connectivity index (χ3v) is 3.86. The van der Waals surface area contributed by atoms with Gasteiger partial charge >= 0.3 is 12.4 Å². The first-order valence-corrected chi connectivity index (χ1v) is 8.10. The summed E-state index contributed by atoms with van der Waals surface area (Å²) in [6, 6.07) is 5.72. The van der Waals surface area contributed by atoms with Crippen molar-refractivity contribution in [3.63, 3.8) is 0 Å². The maximum Gasteiger partial charge on any atom is 0.416 e. The Morgan fingerprint density at radius 2 is 1.55 bits per heavy atom. The minimum Gasteiger partial charge on any atom is -0.484 e. The van der Waals surface area contributed by atoms with Gasteiger partial charge in [0, 0.05) is 6.54 Å². The lowest BCUT2D eigenvalue weighted by Gasteiger charge is -2.14. The molecule has 1 aliphatic heterocycles. The van der Waals surface area contributed by atoms with Gasteiger partial charge in [0.25, 0.3) is 5.91 Å². The summed E-state index contributed by atoms with van der Waals surface area (Å²) >= 11 is 0. The number of amides is 1. The van der Waals surface area contributed by atoms with Crippen molar-refractivity contribution < 1.29 is 45.3 Å². The Morgan fingerprint density at radius 3 is 2.17 bits per heavy atom. The van der Waals surface area contributed by atoms with Crippen molar-refractivity contribution in [3.05, 3.63) is 53.1 Å². The fourth-order valence-electron chi connectivity index (χ4n) is 2.46. The van der Waals surface area contributed by atoms with Crippen LogP contribution in [0.5, 0.6) is 17.2 Å². The van der Waals surface area contributed by atoms with E-state index in [1.54, 1.807) is 18.2 Å². The van der Waals surface area contributed by atoms with E-state index >= 15 is 0 Å². The predicted molar refractivity (Wildman–Crippen MR) is 86.4 cm³/mol. The van der Waals surface area contributed by atoms with E-state index in [1.165, 1.54) is 0 Å². The molecule has 1 aliphatic rings. The van der Waals surface area contributed by atoms with E-state index in [0.29, 0.717) is 29.2 Å². The van der Waals surface area contributed by atoms with Gasteiger partial charge in [-0.15, -0.1) is 0 Å². The Kier molecular flexibility index (Phi) is 5.49. The van der Waals surface area contributed by atoms with Crippen LogP contribution in [0.4, 0.5) is 26.3 Å². The maximum absolute atomic E-state index is 12.8. The van der Waals surface area contributed by atoms with E-state index in [4.69, 9.17) is 14.2 Å². The van der Waals surface area contributed by atoms with Crippen LogP contribution in [0.1, 0.15) is 16.7 Å². The predicted octanol–water partition coefficient (Wildman–Crippen LogP) is 4.15. The summed E-state index contributed by atoms with van der Waals surface area (Å²) in [5.41, 5.74) is -2.40. The molecular formula is C18H13F6NO4. The van der Waals surface area contributed by atoms with E-state index in [-0.39, 0.29) is 19.4 Å². The van der Waals surface area contributed by atoms with Gasteiger partial charge in [-0.3, -0.25) is 4.79 Å². The smallest absolute Gasteiger partial charge is 0.416 e. The highest BCUT2D eigenvalue weighted by Crippen LogP contribution is 2.38. The number of halogens is 6. The van der Waals surface area contributed by atoms with Crippen LogP contribution in [0.2, 0.25) is 0 Å². The fraction of sp³-hybridized carbons (Fsp3) is 0.278. The minimum atomic E-state index is -5.00. The molecule has 0 saturated heterocycles. The third kappa shape index (κ3) is 5.24. The summed E-state index contributed by atoms with van der Waals surface area (Å²) in [5, 5.41) is 2.45. The van der Waals surface area contributed by atoms with Gasteiger partial charge < -0.3 is 19.5 Å². The Hall–Kier alpha value is -3.11. The largest absolute Gasteiger partial charge is 0.484 e. The Labute approximate surface area is 160 Å². The second-order valence-corrected chi connectivity index (χ2v) is 5.99. The van der Waals surface area contributed by atoms with Crippen LogP contribution in [0.3, 0.4) is 0 Å². The average molecular weight is 421 g/mol. The van der Waals surface area contributed by atoms with Gasteiger partial charge in [0.1, 0.15) is 5.75 Å². The van der Waals surface area contributed by atoms with Gasteiger partial charge in [0.05, 0.1) is 11.1 Å². The number of ether oxygens (including phenoxy) is 3. The van der Waals surface area contributed by atoms with Crippen molar-refractivity contribution in [1.82, 2.24) is 5.32 Å². The molecule has 5 nitrogen and oxygen atoms in total. The van der Waals surface area contributed by atoms with Crippen LogP contribution < -0.4 is 19.5 Å². The molecule has 0 bridgehead atoms. The monoisotopic (exact) mass is 421 g/mol. The molecular weight excluding hydrogens is 408 g/mol. The lowest BCUT2D eigenvalue weighted by atomic mass is 10.1. The molecule has 0 fully saturated rings. The molecule has 1 amide bonds. The summed E-state index contributed by atoms with van der Waals surface area (Å²) in [5.74, 6) is -0.399. The van der Waals surface area contributed by atoms with Crippen LogP contribution in [-0.4, -0.2) is 19.3 Å². The number of nitrogens with one attached hydrogen (secondary N) is 1. The zero-order valence-corrected chi connectivity index (χ0v) is 14.5. The van der Waals surface area contributed by atoms with Gasteiger partial charge in [-0.25, -0.2) is 0 Å². The van der Waals surface area contributed by atoms with Gasteiger partial charge in [0.2, 0.25) is 6.79 Å². The highest BCUT2D eigenvalue weighted by molar-refractivity contribution is 5.77. The number of benzene rings is 2. The quantitative estimate of drug-likeness (QED) is 0.738. The van der Waals surface area contributed by atoms with Crippen molar-refractivity contribution in [2.75, 3.05) is 13.4 Å². The zero-order chi connectivity index (χ0) is 21.2. The van der Waals surface area contributed by atoms with E-state index < -0.39 is 41.7 Å². The molecule has 0 aromatic heterocycles. The Balaban J connectivity index is 1.62. The summed E-state index contributed by atoms with van der Waals surface area (Å²) in [6.45, 7) is -0.631. The van der Waals surface area contributed by atoms with Crippen LogP contribution >= 0.6 is 0 Å². The number of carbonyl (C=O) groups excluding carboxylic acids is 1. The number of fused-ring (bicyclic) bond motifs is 1. The maximum atomic E-state index is 12.8. The van der Waals surface area contributed by atoms with E-state index in [1.807, 2.05) is 0 Å². The number of carbonyl (C=O) groups is 1. The molecule has 0 aliphatic carbocycles. The van der Waals surface area contributed by atoms with Crippen molar-refractivity contribution in [1.29, 1.82) is 0 Å². The lowest BCUT2D eigenvalue weighted by Crippen LogP contribution is -2.28. The van der Waals surface area contributed by atoms with E-state index in [9.17, 15) is 31.1 Å². The van der Waals surface area contributed by atoms with Crippen molar-refractivity contribution in [3.8, 4) is 17.2 Å². The molecule has 0 radical (unpaired) electrons. The molecule has 11 heteroatoms. The topological polar surface area (TPSA) is 56.8 Å². The van der Waals surface area contributed by atoms with Crippen molar-refractivity contribution in [2.24, 2.45) is 0 Å².